The van der Waals surface area contributed by atoms with E-state index in [1.54, 1.807) is 0 Å². The summed E-state index contributed by atoms with van der Waals surface area (Å²) in [6.07, 6.45) is 4.65. The van der Waals surface area contributed by atoms with E-state index >= 15 is 0 Å². The van der Waals surface area contributed by atoms with Crippen LogP contribution in [0.4, 0.5) is 0 Å². The van der Waals surface area contributed by atoms with Crippen LogP contribution >= 0.6 is 0 Å². The molecule has 1 N–H and O–H groups in total. The van der Waals surface area contributed by atoms with E-state index in [9.17, 15) is 5.11 Å². The Morgan fingerprint density at radius 2 is 1.71 bits per heavy atom. The molecule has 3 nitrogen and oxygen atoms in total. The molecule has 2 fully saturated rings. The summed E-state index contributed by atoms with van der Waals surface area (Å²) in [7, 11) is 0. The zero-order valence-electron chi connectivity index (χ0n) is 11.4. The summed E-state index contributed by atoms with van der Waals surface area (Å²) in [5.41, 5.74) is 0. The number of nitrogens with zero attached hydrogens (tertiary/aromatic N) is 2. The lowest BCUT2D eigenvalue weighted by Crippen LogP contribution is -2.54. The number of hydrogen-bond acceptors (Lipinski definition) is 3. The molecule has 2 rings (SSSR count). The predicted molar refractivity (Wildman–Crippen MR) is 71.1 cm³/mol. The van der Waals surface area contributed by atoms with Gasteiger partial charge in [0.05, 0.1) is 6.10 Å². The van der Waals surface area contributed by atoms with E-state index in [4.69, 9.17) is 0 Å². The zero-order valence-corrected chi connectivity index (χ0v) is 11.4. The second-order valence-corrected chi connectivity index (χ2v) is 6.15. The molecule has 0 aromatic heterocycles. The molecule has 17 heavy (non-hydrogen) atoms. The first kappa shape index (κ1) is 13.3. The summed E-state index contributed by atoms with van der Waals surface area (Å²) >= 11 is 0. The van der Waals surface area contributed by atoms with E-state index in [1.165, 1.54) is 38.9 Å². The van der Waals surface area contributed by atoms with Crippen LogP contribution in [0.15, 0.2) is 0 Å². The van der Waals surface area contributed by atoms with Crippen LogP contribution in [-0.4, -0.2) is 59.8 Å². The summed E-state index contributed by atoms with van der Waals surface area (Å²) in [5.74, 6) is 0.766. The van der Waals surface area contributed by atoms with Gasteiger partial charge in [-0.2, -0.15) is 0 Å². The van der Waals surface area contributed by atoms with Crippen LogP contribution < -0.4 is 0 Å². The Kier molecular flexibility index (Phi) is 4.83. The average molecular weight is 240 g/mol. The summed E-state index contributed by atoms with van der Waals surface area (Å²) in [4.78, 5) is 5.09. The number of rotatable bonds is 3. The molecule has 0 unspecified atom stereocenters. The van der Waals surface area contributed by atoms with Gasteiger partial charge in [0.15, 0.2) is 0 Å². The molecular weight excluding hydrogens is 212 g/mol. The van der Waals surface area contributed by atoms with Crippen LogP contribution in [0.5, 0.6) is 0 Å². The fourth-order valence-corrected chi connectivity index (χ4v) is 3.31. The fourth-order valence-electron chi connectivity index (χ4n) is 3.31. The minimum atomic E-state index is -0.0691. The minimum absolute atomic E-state index is 0.0691. The third-order valence-corrected chi connectivity index (χ3v) is 4.19. The van der Waals surface area contributed by atoms with Gasteiger partial charge in [0.25, 0.3) is 0 Å². The smallest absolute Gasteiger partial charge is 0.0695 e. The number of hydrogen-bond donors (Lipinski definition) is 1. The number of aliphatic hydroxyl groups is 1. The lowest BCUT2D eigenvalue weighted by atomic mass is 9.91. The highest BCUT2D eigenvalue weighted by molar-refractivity contribution is 4.86. The van der Waals surface area contributed by atoms with Crippen LogP contribution in [-0.2, 0) is 0 Å². The van der Waals surface area contributed by atoms with Crippen molar-refractivity contribution >= 4 is 0 Å². The van der Waals surface area contributed by atoms with Crippen molar-refractivity contribution in [2.45, 2.75) is 51.7 Å². The lowest BCUT2D eigenvalue weighted by Gasteiger charge is -2.43. The molecule has 1 saturated heterocycles. The van der Waals surface area contributed by atoms with Crippen molar-refractivity contribution in [2.24, 2.45) is 5.92 Å². The standard InChI is InChI=1S/C14H28N2O/c1-12(2)11-15-7-9-16(10-8-15)13-5-3-4-6-14(13)17/h12-14,17H,3-11H2,1-2H3/t13-,14-/m1/s1. The molecule has 0 spiro atoms. The molecule has 0 radical (unpaired) electrons. The molecule has 1 aliphatic carbocycles. The van der Waals surface area contributed by atoms with Crippen LogP contribution in [0.1, 0.15) is 39.5 Å². The summed E-state index contributed by atoms with van der Waals surface area (Å²) < 4.78 is 0. The molecule has 0 amide bonds. The van der Waals surface area contributed by atoms with Crippen molar-refractivity contribution in [1.29, 1.82) is 0 Å². The van der Waals surface area contributed by atoms with E-state index in [2.05, 4.69) is 23.6 Å². The maximum absolute atomic E-state index is 10.1. The van der Waals surface area contributed by atoms with Gasteiger partial charge in [0.1, 0.15) is 0 Å². The van der Waals surface area contributed by atoms with Gasteiger partial charge in [-0.25, -0.2) is 0 Å². The molecule has 2 aliphatic rings. The van der Waals surface area contributed by atoms with Crippen LogP contribution in [0.3, 0.4) is 0 Å². The Bertz CT molecular complexity index is 224. The highest BCUT2D eigenvalue weighted by Crippen LogP contribution is 2.24. The molecule has 1 heterocycles. The Labute approximate surface area is 106 Å². The van der Waals surface area contributed by atoms with Crippen molar-refractivity contribution in [2.75, 3.05) is 32.7 Å². The third-order valence-electron chi connectivity index (χ3n) is 4.19. The van der Waals surface area contributed by atoms with Gasteiger partial charge >= 0.3 is 0 Å². The number of aliphatic hydroxyl groups excluding tert-OH is 1. The Morgan fingerprint density at radius 1 is 1.06 bits per heavy atom. The van der Waals surface area contributed by atoms with Crippen molar-refractivity contribution in [3.05, 3.63) is 0 Å². The van der Waals surface area contributed by atoms with Crippen molar-refractivity contribution < 1.29 is 5.11 Å². The van der Waals surface area contributed by atoms with Gasteiger partial charge in [-0.3, -0.25) is 4.90 Å². The van der Waals surface area contributed by atoms with Gasteiger partial charge in [0.2, 0.25) is 0 Å². The largest absolute Gasteiger partial charge is 0.391 e. The zero-order chi connectivity index (χ0) is 12.3. The maximum Gasteiger partial charge on any atom is 0.0695 e. The lowest BCUT2D eigenvalue weighted by molar-refractivity contribution is -0.00497. The second kappa shape index (κ2) is 6.17. The Balaban J connectivity index is 1.78. The molecule has 3 heteroatoms. The van der Waals surface area contributed by atoms with Crippen LogP contribution in [0.25, 0.3) is 0 Å². The molecule has 1 saturated carbocycles. The van der Waals surface area contributed by atoms with Gasteiger partial charge in [0, 0.05) is 38.8 Å². The van der Waals surface area contributed by atoms with E-state index in [0.717, 1.165) is 25.4 Å². The maximum atomic E-state index is 10.1. The van der Waals surface area contributed by atoms with Crippen LogP contribution in [0.2, 0.25) is 0 Å². The SMILES string of the molecule is CC(C)CN1CCN([C@@H]2CCCC[C@H]2O)CC1. The summed E-state index contributed by atoms with van der Waals surface area (Å²) in [5, 5.41) is 10.1. The molecule has 1 aliphatic heterocycles. The topological polar surface area (TPSA) is 26.7 Å². The highest BCUT2D eigenvalue weighted by Gasteiger charge is 2.30. The van der Waals surface area contributed by atoms with Crippen molar-refractivity contribution in [1.82, 2.24) is 9.80 Å². The quantitative estimate of drug-likeness (QED) is 0.811. The second-order valence-electron chi connectivity index (χ2n) is 6.15. The molecule has 100 valence electrons. The first-order chi connectivity index (χ1) is 8.16. The number of piperazine rings is 1. The van der Waals surface area contributed by atoms with E-state index in [-0.39, 0.29) is 6.10 Å². The van der Waals surface area contributed by atoms with Crippen molar-refractivity contribution in [3.8, 4) is 0 Å². The summed E-state index contributed by atoms with van der Waals surface area (Å²) in [6.45, 7) is 10.5. The van der Waals surface area contributed by atoms with Gasteiger partial charge in [-0.05, 0) is 18.8 Å². The molecule has 0 aromatic rings. The minimum Gasteiger partial charge on any atom is -0.391 e. The Hall–Kier alpha value is -0.120. The van der Waals surface area contributed by atoms with Crippen LogP contribution in [0, 0.1) is 5.92 Å². The Morgan fingerprint density at radius 3 is 2.29 bits per heavy atom. The molecule has 0 bridgehead atoms. The van der Waals surface area contributed by atoms with E-state index < -0.39 is 0 Å². The molecule has 2 atom stereocenters. The first-order valence-corrected chi connectivity index (χ1v) is 7.31. The van der Waals surface area contributed by atoms with E-state index in [0.29, 0.717) is 6.04 Å². The third kappa shape index (κ3) is 3.67. The van der Waals surface area contributed by atoms with E-state index in [1.807, 2.05) is 0 Å². The normalized spacial score (nSPS) is 33.2. The fraction of sp³-hybridized carbons (Fsp3) is 1.00. The first-order valence-electron chi connectivity index (χ1n) is 7.31. The summed E-state index contributed by atoms with van der Waals surface area (Å²) in [6, 6.07) is 0.449. The van der Waals surface area contributed by atoms with Gasteiger partial charge in [-0.1, -0.05) is 26.7 Å². The highest BCUT2D eigenvalue weighted by atomic mass is 16.3. The van der Waals surface area contributed by atoms with Crippen molar-refractivity contribution in [3.63, 3.8) is 0 Å². The van der Waals surface area contributed by atoms with Gasteiger partial charge in [-0.15, -0.1) is 0 Å². The predicted octanol–water partition coefficient (Wildman–Crippen LogP) is 1.56. The molecule has 0 aromatic carbocycles. The average Bonchev–Trinajstić information content (AvgIpc) is 2.30. The molecular formula is C14H28N2O. The monoisotopic (exact) mass is 240 g/mol. The van der Waals surface area contributed by atoms with Gasteiger partial charge < -0.3 is 10.0 Å².